The van der Waals surface area contributed by atoms with Gasteiger partial charge >= 0.3 is 0 Å². The highest BCUT2D eigenvalue weighted by Gasteiger charge is 2.16. The number of nitrogens with zero attached hydrogens (tertiary/aromatic N) is 3. The Morgan fingerprint density at radius 1 is 1.20 bits per heavy atom. The molecular formula is C20H26N4O. The lowest BCUT2D eigenvalue weighted by Gasteiger charge is -2.18. The van der Waals surface area contributed by atoms with E-state index in [2.05, 4.69) is 31.2 Å². The molecule has 0 aliphatic carbocycles. The molecule has 132 valence electrons. The normalized spacial score (nSPS) is 12.9. The lowest BCUT2D eigenvalue weighted by Crippen LogP contribution is -2.36. The summed E-state index contributed by atoms with van der Waals surface area (Å²) in [5, 5.41) is 8.79. The van der Waals surface area contributed by atoms with Crippen LogP contribution in [0.1, 0.15) is 44.1 Å². The molecule has 2 aromatic heterocycles. The van der Waals surface area contributed by atoms with Crippen molar-refractivity contribution in [2.45, 2.75) is 53.5 Å². The van der Waals surface area contributed by atoms with Gasteiger partial charge in [0.2, 0.25) is 5.91 Å². The number of aryl methyl sites for hydroxylation is 2. The maximum atomic E-state index is 12.2. The van der Waals surface area contributed by atoms with Crippen molar-refractivity contribution in [2.24, 2.45) is 5.92 Å². The van der Waals surface area contributed by atoms with E-state index in [-0.39, 0.29) is 11.9 Å². The Labute approximate surface area is 148 Å². The minimum absolute atomic E-state index is 0.0886. The fraction of sp³-hybridized carbons (Fsp3) is 0.450. The first-order valence-corrected chi connectivity index (χ1v) is 8.91. The maximum absolute atomic E-state index is 12.2. The molecule has 5 nitrogen and oxygen atoms in total. The van der Waals surface area contributed by atoms with Gasteiger partial charge in [0, 0.05) is 29.2 Å². The molecule has 1 N–H and O–H groups in total. The van der Waals surface area contributed by atoms with E-state index in [9.17, 15) is 4.79 Å². The van der Waals surface area contributed by atoms with Crippen LogP contribution in [0.2, 0.25) is 0 Å². The summed E-state index contributed by atoms with van der Waals surface area (Å²) >= 11 is 0. The van der Waals surface area contributed by atoms with Gasteiger partial charge in [0.25, 0.3) is 0 Å². The van der Waals surface area contributed by atoms with E-state index in [1.54, 1.807) is 0 Å². The molecule has 1 atom stereocenters. The molecule has 25 heavy (non-hydrogen) atoms. The second-order valence-corrected chi connectivity index (χ2v) is 7.11. The summed E-state index contributed by atoms with van der Waals surface area (Å²) in [7, 11) is 0. The largest absolute Gasteiger partial charge is 0.353 e. The Bertz CT molecular complexity index is 926. The number of hydrogen-bond acceptors (Lipinski definition) is 3. The van der Waals surface area contributed by atoms with Crippen LogP contribution >= 0.6 is 0 Å². The molecule has 0 aliphatic heterocycles. The number of hydrogen-bond donors (Lipinski definition) is 1. The summed E-state index contributed by atoms with van der Waals surface area (Å²) in [6.45, 7) is 10.3. The third-order valence-electron chi connectivity index (χ3n) is 5.01. The first kappa shape index (κ1) is 17.4. The summed E-state index contributed by atoms with van der Waals surface area (Å²) in [5.74, 6) is 0.521. The second-order valence-electron chi connectivity index (χ2n) is 7.11. The van der Waals surface area contributed by atoms with Crippen molar-refractivity contribution < 1.29 is 4.79 Å². The zero-order valence-electron chi connectivity index (χ0n) is 15.6. The van der Waals surface area contributed by atoms with Crippen LogP contribution < -0.4 is 5.32 Å². The molecule has 0 aliphatic rings. The molecule has 1 aromatic carbocycles. The van der Waals surface area contributed by atoms with E-state index < -0.39 is 0 Å². The minimum Gasteiger partial charge on any atom is -0.353 e. The maximum Gasteiger partial charge on any atom is 0.220 e. The summed E-state index contributed by atoms with van der Waals surface area (Å²) in [5.41, 5.74) is 4.96. The van der Waals surface area contributed by atoms with Crippen LogP contribution in [0.15, 0.2) is 24.3 Å². The SMILES string of the molecule is Cc1nc2c3ccccc3nn2c(C)c1CCC(=O)N[C@H](C)C(C)C. The third-order valence-corrected chi connectivity index (χ3v) is 5.01. The molecule has 1 amide bonds. The van der Waals surface area contributed by atoms with Gasteiger partial charge in [0.05, 0.1) is 5.52 Å². The Hall–Kier alpha value is -2.43. The average molecular weight is 338 g/mol. The molecule has 3 rings (SSSR count). The van der Waals surface area contributed by atoms with Crippen molar-refractivity contribution in [3.8, 4) is 0 Å². The summed E-state index contributed by atoms with van der Waals surface area (Å²) in [4.78, 5) is 17.0. The predicted molar refractivity (Wildman–Crippen MR) is 101 cm³/mol. The Morgan fingerprint density at radius 2 is 1.92 bits per heavy atom. The highest BCUT2D eigenvalue weighted by Crippen LogP contribution is 2.22. The van der Waals surface area contributed by atoms with Crippen molar-refractivity contribution in [3.63, 3.8) is 0 Å². The highest BCUT2D eigenvalue weighted by molar-refractivity contribution is 5.92. The van der Waals surface area contributed by atoms with E-state index in [1.165, 1.54) is 0 Å². The van der Waals surface area contributed by atoms with Gasteiger partial charge in [0.15, 0.2) is 5.65 Å². The van der Waals surface area contributed by atoms with Crippen LogP contribution in [-0.2, 0) is 11.2 Å². The zero-order chi connectivity index (χ0) is 18.1. The van der Waals surface area contributed by atoms with E-state index in [1.807, 2.05) is 42.6 Å². The molecule has 0 unspecified atom stereocenters. The van der Waals surface area contributed by atoms with Crippen molar-refractivity contribution in [1.82, 2.24) is 19.9 Å². The van der Waals surface area contributed by atoms with Crippen LogP contribution in [0.25, 0.3) is 16.6 Å². The topological polar surface area (TPSA) is 59.3 Å². The number of amides is 1. The quantitative estimate of drug-likeness (QED) is 0.773. The monoisotopic (exact) mass is 338 g/mol. The molecule has 0 fully saturated rings. The lowest BCUT2D eigenvalue weighted by molar-refractivity contribution is -0.121. The summed E-state index contributed by atoms with van der Waals surface area (Å²) in [6, 6.07) is 8.22. The standard InChI is InChI=1S/C20H26N4O/c1-12(2)13(3)21-19(25)11-10-16-14(4)22-20-17-8-6-7-9-18(17)23-24(20)15(16)5/h6-9,12-13H,10-11H2,1-5H3,(H,21,25)/t13-/m1/s1. The summed E-state index contributed by atoms with van der Waals surface area (Å²) < 4.78 is 1.90. The van der Waals surface area contributed by atoms with E-state index in [4.69, 9.17) is 4.98 Å². The molecule has 0 saturated heterocycles. The van der Waals surface area contributed by atoms with Crippen LogP contribution in [0.3, 0.4) is 0 Å². The number of carbonyl (C=O) groups excluding carboxylic acids is 1. The minimum atomic E-state index is 0.0886. The Balaban J connectivity index is 1.87. The smallest absolute Gasteiger partial charge is 0.220 e. The number of aromatic nitrogens is 3. The van der Waals surface area contributed by atoms with Crippen LogP contribution in [0.4, 0.5) is 0 Å². The lowest BCUT2D eigenvalue weighted by atomic mass is 10.0. The predicted octanol–water partition coefficient (Wildman–Crippen LogP) is 3.59. The molecule has 0 spiro atoms. The average Bonchev–Trinajstić information content (AvgIpc) is 2.93. The first-order valence-electron chi connectivity index (χ1n) is 8.91. The fourth-order valence-electron chi connectivity index (χ4n) is 3.07. The van der Waals surface area contributed by atoms with Gasteiger partial charge < -0.3 is 5.32 Å². The van der Waals surface area contributed by atoms with Crippen molar-refractivity contribution in [2.75, 3.05) is 0 Å². The van der Waals surface area contributed by atoms with E-state index in [0.29, 0.717) is 18.8 Å². The van der Waals surface area contributed by atoms with Gasteiger partial charge in [0.1, 0.15) is 0 Å². The third kappa shape index (κ3) is 3.36. The number of nitrogens with one attached hydrogen (secondary N) is 1. The fourth-order valence-corrected chi connectivity index (χ4v) is 3.07. The van der Waals surface area contributed by atoms with Crippen molar-refractivity contribution in [3.05, 3.63) is 41.2 Å². The second kappa shape index (κ2) is 6.82. The number of carbonyl (C=O) groups is 1. The van der Waals surface area contributed by atoms with E-state index in [0.717, 1.165) is 33.5 Å². The highest BCUT2D eigenvalue weighted by atomic mass is 16.1. The van der Waals surface area contributed by atoms with Crippen LogP contribution in [0.5, 0.6) is 0 Å². The van der Waals surface area contributed by atoms with Gasteiger partial charge in [-0.2, -0.15) is 5.10 Å². The van der Waals surface area contributed by atoms with Gasteiger partial charge in [-0.25, -0.2) is 9.50 Å². The van der Waals surface area contributed by atoms with Crippen LogP contribution in [0, 0.1) is 19.8 Å². The van der Waals surface area contributed by atoms with Crippen LogP contribution in [-0.4, -0.2) is 26.5 Å². The molecule has 0 saturated carbocycles. The Kier molecular flexibility index (Phi) is 4.75. The Morgan fingerprint density at radius 3 is 2.64 bits per heavy atom. The molecule has 3 aromatic rings. The molecule has 5 heteroatoms. The van der Waals surface area contributed by atoms with Crippen molar-refractivity contribution in [1.29, 1.82) is 0 Å². The number of rotatable bonds is 5. The number of benzene rings is 1. The molecule has 0 bridgehead atoms. The van der Waals surface area contributed by atoms with Gasteiger partial charge in [-0.05, 0) is 50.8 Å². The van der Waals surface area contributed by atoms with Gasteiger partial charge in [-0.1, -0.05) is 26.0 Å². The van der Waals surface area contributed by atoms with Crippen molar-refractivity contribution >= 4 is 22.5 Å². The van der Waals surface area contributed by atoms with Gasteiger partial charge in [-0.3, -0.25) is 4.79 Å². The first-order chi connectivity index (χ1) is 11.9. The zero-order valence-corrected chi connectivity index (χ0v) is 15.6. The molecule has 2 heterocycles. The van der Waals surface area contributed by atoms with E-state index >= 15 is 0 Å². The molecular weight excluding hydrogens is 312 g/mol. The molecule has 0 radical (unpaired) electrons. The summed E-state index contributed by atoms with van der Waals surface area (Å²) in [6.07, 6.45) is 1.14. The van der Waals surface area contributed by atoms with Gasteiger partial charge in [-0.15, -0.1) is 0 Å². The number of fused-ring (bicyclic) bond motifs is 3.